The first-order chi connectivity index (χ1) is 10.2. The highest BCUT2D eigenvalue weighted by molar-refractivity contribution is 5.84. The predicted molar refractivity (Wildman–Crippen MR) is 74.3 cm³/mol. The third-order valence-corrected chi connectivity index (χ3v) is 3.64. The SMILES string of the molecule is COc1ccc(NC(=O)O[C@H]2CO[C@@H]3[C@@H]2OC[C@@H]3N)cc1. The molecule has 3 rings (SSSR count). The quantitative estimate of drug-likeness (QED) is 0.854. The third kappa shape index (κ3) is 2.94. The molecule has 114 valence electrons. The van der Waals surface area contributed by atoms with Crippen molar-refractivity contribution < 1.29 is 23.7 Å². The standard InChI is InChI=1S/C14H18N2O5/c1-18-9-4-2-8(3-5-9)16-14(17)21-11-7-20-12-10(15)6-19-13(11)12/h2-5,10-13H,6-7,15H2,1H3,(H,16,17)/t10-,11-,12-,13+/m0/s1. The predicted octanol–water partition coefficient (Wildman–Crippen LogP) is 0.737. The Morgan fingerprint density at radius 1 is 1.24 bits per heavy atom. The summed E-state index contributed by atoms with van der Waals surface area (Å²) in [4.78, 5) is 11.9. The van der Waals surface area contributed by atoms with Gasteiger partial charge in [-0.25, -0.2) is 4.79 Å². The Morgan fingerprint density at radius 2 is 1.95 bits per heavy atom. The molecule has 7 heteroatoms. The Labute approximate surface area is 122 Å². The zero-order valence-corrected chi connectivity index (χ0v) is 11.7. The molecule has 1 aromatic carbocycles. The number of ether oxygens (including phenoxy) is 4. The van der Waals surface area contributed by atoms with Gasteiger partial charge in [0.2, 0.25) is 0 Å². The molecule has 1 aromatic rings. The van der Waals surface area contributed by atoms with Crippen LogP contribution in [0.5, 0.6) is 5.75 Å². The molecule has 0 saturated carbocycles. The number of nitrogens with one attached hydrogen (secondary N) is 1. The second-order valence-electron chi connectivity index (χ2n) is 5.06. The van der Waals surface area contributed by atoms with Gasteiger partial charge < -0.3 is 24.7 Å². The van der Waals surface area contributed by atoms with Crippen LogP contribution >= 0.6 is 0 Å². The topological polar surface area (TPSA) is 92.0 Å². The zero-order chi connectivity index (χ0) is 14.8. The maximum absolute atomic E-state index is 11.9. The molecule has 2 heterocycles. The van der Waals surface area contributed by atoms with E-state index in [4.69, 9.17) is 24.7 Å². The van der Waals surface area contributed by atoms with E-state index in [1.165, 1.54) is 0 Å². The fourth-order valence-electron chi connectivity index (χ4n) is 2.55. The van der Waals surface area contributed by atoms with E-state index >= 15 is 0 Å². The lowest BCUT2D eigenvalue weighted by Crippen LogP contribution is -2.38. The first-order valence-electron chi connectivity index (χ1n) is 6.78. The lowest BCUT2D eigenvalue weighted by molar-refractivity contribution is 0.00899. The lowest BCUT2D eigenvalue weighted by Gasteiger charge is -2.17. The van der Waals surface area contributed by atoms with Crippen molar-refractivity contribution in [2.24, 2.45) is 5.73 Å². The molecule has 7 nitrogen and oxygen atoms in total. The van der Waals surface area contributed by atoms with Crippen molar-refractivity contribution in [1.29, 1.82) is 0 Å². The summed E-state index contributed by atoms with van der Waals surface area (Å²) in [5, 5.41) is 2.65. The normalized spacial score (nSPS) is 30.8. The Balaban J connectivity index is 1.54. The van der Waals surface area contributed by atoms with Gasteiger partial charge in [0.15, 0.2) is 6.10 Å². The van der Waals surface area contributed by atoms with Crippen LogP contribution in [0.25, 0.3) is 0 Å². The van der Waals surface area contributed by atoms with E-state index in [0.717, 1.165) is 0 Å². The number of methoxy groups -OCH3 is 1. The maximum atomic E-state index is 11.9. The monoisotopic (exact) mass is 294 g/mol. The molecule has 0 aromatic heterocycles. The fourth-order valence-corrected chi connectivity index (χ4v) is 2.55. The molecule has 4 atom stereocenters. The number of anilines is 1. The van der Waals surface area contributed by atoms with Crippen LogP contribution in [0.4, 0.5) is 10.5 Å². The Bertz CT molecular complexity index is 507. The summed E-state index contributed by atoms with van der Waals surface area (Å²) in [5.74, 6) is 0.717. The molecule has 0 bridgehead atoms. The molecular weight excluding hydrogens is 276 g/mol. The van der Waals surface area contributed by atoms with E-state index in [2.05, 4.69) is 5.32 Å². The number of hydrogen-bond acceptors (Lipinski definition) is 6. The third-order valence-electron chi connectivity index (χ3n) is 3.64. The number of benzene rings is 1. The van der Waals surface area contributed by atoms with Crippen LogP contribution < -0.4 is 15.8 Å². The van der Waals surface area contributed by atoms with Gasteiger partial charge in [0.05, 0.1) is 26.4 Å². The van der Waals surface area contributed by atoms with E-state index in [0.29, 0.717) is 24.7 Å². The van der Waals surface area contributed by atoms with Gasteiger partial charge in [0, 0.05) is 5.69 Å². The van der Waals surface area contributed by atoms with Gasteiger partial charge in [-0.2, -0.15) is 0 Å². The van der Waals surface area contributed by atoms with Crippen LogP contribution in [0.1, 0.15) is 0 Å². The van der Waals surface area contributed by atoms with Crippen molar-refractivity contribution in [3.8, 4) is 5.75 Å². The highest BCUT2D eigenvalue weighted by atomic mass is 16.6. The summed E-state index contributed by atoms with van der Waals surface area (Å²) in [5.41, 5.74) is 6.47. The van der Waals surface area contributed by atoms with Crippen LogP contribution in [0, 0.1) is 0 Å². The summed E-state index contributed by atoms with van der Waals surface area (Å²) in [7, 11) is 1.58. The molecule has 0 unspecified atom stereocenters. The number of fused-ring (bicyclic) bond motifs is 1. The van der Waals surface area contributed by atoms with Crippen molar-refractivity contribution in [1.82, 2.24) is 0 Å². The lowest BCUT2D eigenvalue weighted by atomic mass is 10.1. The van der Waals surface area contributed by atoms with Crippen LogP contribution in [0.15, 0.2) is 24.3 Å². The van der Waals surface area contributed by atoms with E-state index in [1.807, 2.05) is 0 Å². The molecule has 0 spiro atoms. The molecule has 0 aliphatic carbocycles. The first-order valence-corrected chi connectivity index (χ1v) is 6.78. The van der Waals surface area contributed by atoms with Gasteiger partial charge in [-0.15, -0.1) is 0 Å². The smallest absolute Gasteiger partial charge is 0.412 e. The van der Waals surface area contributed by atoms with E-state index < -0.39 is 12.2 Å². The van der Waals surface area contributed by atoms with Crippen LogP contribution in [0.3, 0.4) is 0 Å². The van der Waals surface area contributed by atoms with Crippen molar-refractivity contribution in [2.75, 3.05) is 25.6 Å². The van der Waals surface area contributed by atoms with Crippen molar-refractivity contribution in [2.45, 2.75) is 24.4 Å². The van der Waals surface area contributed by atoms with Crippen molar-refractivity contribution in [3.63, 3.8) is 0 Å². The maximum Gasteiger partial charge on any atom is 0.412 e. The first kappa shape index (κ1) is 14.1. The second kappa shape index (κ2) is 5.88. The Morgan fingerprint density at radius 3 is 2.67 bits per heavy atom. The molecule has 1 amide bonds. The number of rotatable bonds is 3. The molecule has 21 heavy (non-hydrogen) atoms. The number of nitrogens with two attached hydrogens (primary N) is 1. The van der Waals surface area contributed by atoms with Gasteiger partial charge in [0.25, 0.3) is 0 Å². The summed E-state index contributed by atoms with van der Waals surface area (Å²) in [6.45, 7) is 0.731. The summed E-state index contributed by atoms with van der Waals surface area (Å²) < 4.78 is 21.4. The van der Waals surface area contributed by atoms with E-state index in [-0.39, 0.29) is 18.2 Å². The number of amides is 1. The Hall–Kier alpha value is -1.83. The fraction of sp³-hybridized carbons (Fsp3) is 0.500. The van der Waals surface area contributed by atoms with E-state index in [9.17, 15) is 4.79 Å². The van der Waals surface area contributed by atoms with Crippen LogP contribution in [0.2, 0.25) is 0 Å². The zero-order valence-electron chi connectivity index (χ0n) is 11.7. The second-order valence-corrected chi connectivity index (χ2v) is 5.06. The largest absolute Gasteiger partial charge is 0.497 e. The Kier molecular flexibility index (Phi) is 3.96. The summed E-state index contributed by atoms with van der Waals surface area (Å²) in [6, 6.07) is 6.81. The average Bonchev–Trinajstić information content (AvgIpc) is 3.04. The molecule has 0 radical (unpaired) electrons. The van der Waals surface area contributed by atoms with Gasteiger partial charge in [-0.3, -0.25) is 5.32 Å². The highest BCUT2D eigenvalue weighted by Crippen LogP contribution is 2.28. The average molecular weight is 294 g/mol. The van der Waals surface area contributed by atoms with Crippen molar-refractivity contribution in [3.05, 3.63) is 24.3 Å². The highest BCUT2D eigenvalue weighted by Gasteiger charge is 2.48. The van der Waals surface area contributed by atoms with Crippen LogP contribution in [-0.2, 0) is 14.2 Å². The van der Waals surface area contributed by atoms with Gasteiger partial charge in [-0.05, 0) is 24.3 Å². The molecule has 2 saturated heterocycles. The summed E-state index contributed by atoms with van der Waals surface area (Å²) in [6.07, 6.45) is -1.44. The minimum absolute atomic E-state index is 0.159. The number of carbonyl (C=O) groups excluding carboxylic acids is 1. The molecular formula is C14H18N2O5. The van der Waals surface area contributed by atoms with Gasteiger partial charge >= 0.3 is 6.09 Å². The van der Waals surface area contributed by atoms with Gasteiger partial charge in [0.1, 0.15) is 18.0 Å². The molecule has 2 aliphatic heterocycles. The molecule has 2 fully saturated rings. The van der Waals surface area contributed by atoms with E-state index in [1.54, 1.807) is 31.4 Å². The molecule has 3 N–H and O–H groups in total. The number of carbonyl (C=O) groups is 1. The minimum Gasteiger partial charge on any atom is -0.497 e. The molecule has 2 aliphatic rings. The number of hydrogen-bond donors (Lipinski definition) is 2. The minimum atomic E-state index is -0.543. The van der Waals surface area contributed by atoms with Crippen molar-refractivity contribution >= 4 is 11.8 Å². The summed E-state index contributed by atoms with van der Waals surface area (Å²) >= 11 is 0. The van der Waals surface area contributed by atoms with Gasteiger partial charge in [-0.1, -0.05) is 0 Å². The van der Waals surface area contributed by atoms with Crippen LogP contribution in [-0.4, -0.2) is 50.8 Å².